The van der Waals surface area contributed by atoms with Crippen LogP contribution in [0.2, 0.25) is 0 Å². The molecule has 1 atom stereocenters. The zero-order chi connectivity index (χ0) is 22.1. The van der Waals surface area contributed by atoms with Gasteiger partial charge < -0.3 is 15.5 Å². The van der Waals surface area contributed by atoms with Crippen molar-refractivity contribution in [3.8, 4) is 0 Å². The van der Waals surface area contributed by atoms with E-state index in [-0.39, 0.29) is 17.9 Å². The zero-order valence-corrected chi connectivity index (χ0v) is 18.6. The Bertz CT molecular complexity index is 834. The van der Waals surface area contributed by atoms with Crippen molar-refractivity contribution in [3.63, 3.8) is 0 Å². The average molecular weight is 423 g/mol. The van der Waals surface area contributed by atoms with E-state index in [1.54, 1.807) is 4.90 Å². The number of likely N-dealkylation sites (tertiary alicyclic amines) is 1. The van der Waals surface area contributed by atoms with Gasteiger partial charge in [-0.05, 0) is 49.2 Å². The summed E-state index contributed by atoms with van der Waals surface area (Å²) in [4.78, 5) is 29.4. The van der Waals surface area contributed by atoms with Crippen molar-refractivity contribution in [2.24, 2.45) is 5.92 Å². The fourth-order valence-electron chi connectivity index (χ4n) is 3.90. The summed E-state index contributed by atoms with van der Waals surface area (Å²) < 4.78 is 0. The number of carbonyl (C=O) groups is 2. The maximum absolute atomic E-state index is 12.7. The molecule has 1 saturated heterocycles. The van der Waals surface area contributed by atoms with Crippen molar-refractivity contribution >= 4 is 17.6 Å². The molecule has 2 aromatic carbocycles. The van der Waals surface area contributed by atoms with Crippen LogP contribution in [0.4, 0.5) is 10.5 Å². The Kier molecular flexibility index (Phi) is 8.47. The molecule has 2 aromatic rings. The smallest absolute Gasteiger partial charge is 0.321 e. The number of hydrogen-bond donors (Lipinski definition) is 2. The van der Waals surface area contributed by atoms with Gasteiger partial charge in [0.1, 0.15) is 0 Å². The molecule has 6 nitrogen and oxygen atoms in total. The highest BCUT2D eigenvalue weighted by atomic mass is 16.2. The van der Waals surface area contributed by atoms with Crippen molar-refractivity contribution in [3.05, 3.63) is 65.7 Å². The molecule has 0 saturated carbocycles. The van der Waals surface area contributed by atoms with Crippen molar-refractivity contribution in [2.45, 2.75) is 39.8 Å². The first-order valence-electron chi connectivity index (χ1n) is 11.3. The standard InChI is InChI=1S/C25H34N4O2/c1-3-28(4-2)18-21-14-12-20(13-15-21)17-26-24(30)22-9-8-16-29(19-22)25(31)27-23-10-6-5-7-11-23/h5-7,10-15,22H,3-4,8-9,16-19H2,1-2H3,(H,26,30)(H,27,31)/t22-/m0/s1. The third-order valence-corrected chi connectivity index (χ3v) is 5.89. The first-order chi connectivity index (χ1) is 15.1. The lowest BCUT2D eigenvalue weighted by molar-refractivity contribution is -0.126. The SMILES string of the molecule is CCN(CC)Cc1ccc(CNC(=O)[C@H]2CCCN(C(=O)Nc3ccccc3)C2)cc1. The van der Waals surface area contributed by atoms with Gasteiger partial charge in [0.05, 0.1) is 5.92 Å². The largest absolute Gasteiger partial charge is 0.352 e. The summed E-state index contributed by atoms with van der Waals surface area (Å²) >= 11 is 0. The lowest BCUT2D eigenvalue weighted by Crippen LogP contribution is -2.46. The summed E-state index contributed by atoms with van der Waals surface area (Å²) in [6.07, 6.45) is 1.64. The highest BCUT2D eigenvalue weighted by Gasteiger charge is 2.28. The molecule has 1 fully saturated rings. The molecule has 0 aliphatic carbocycles. The molecule has 0 bridgehead atoms. The van der Waals surface area contributed by atoms with Crippen LogP contribution in [0.25, 0.3) is 0 Å². The van der Waals surface area contributed by atoms with Gasteiger partial charge in [0.25, 0.3) is 0 Å². The number of amides is 3. The van der Waals surface area contributed by atoms with E-state index in [1.807, 2.05) is 30.3 Å². The predicted molar refractivity (Wildman–Crippen MR) is 125 cm³/mol. The minimum Gasteiger partial charge on any atom is -0.352 e. The Hall–Kier alpha value is -2.86. The quantitative estimate of drug-likeness (QED) is 0.673. The molecule has 1 heterocycles. The summed E-state index contributed by atoms with van der Waals surface area (Å²) in [5.74, 6) is -0.151. The Morgan fingerprint density at radius 3 is 2.35 bits per heavy atom. The van der Waals surface area contributed by atoms with Crippen LogP contribution in [-0.4, -0.2) is 47.9 Å². The average Bonchev–Trinajstić information content (AvgIpc) is 2.82. The molecular weight excluding hydrogens is 388 g/mol. The molecule has 1 aliphatic rings. The van der Waals surface area contributed by atoms with E-state index in [0.29, 0.717) is 19.6 Å². The predicted octanol–water partition coefficient (Wildman–Crippen LogP) is 4.09. The molecule has 31 heavy (non-hydrogen) atoms. The maximum Gasteiger partial charge on any atom is 0.321 e. The molecule has 3 rings (SSSR count). The molecular formula is C25H34N4O2. The number of carbonyl (C=O) groups excluding carboxylic acids is 2. The minimum atomic E-state index is -0.169. The van der Waals surface area contributed by atoms with Crippen LogP contribution in [0, 0.1) is 5.92 Å². The van der Waals surface area contributed by atoms with Gasteiger partial charge in [-0.25, -0.2) is 4.79 Å². The first-order valence-corrected chi connectivity index (χ1v) is 11.3. The molecule has 1 aliphatic heterocycles. The monoisotopic (exact) mass is 422 g/mol. The van der Waals surface area contributed by atoms with Crippen molar-refractivity contribution in [2.75, 3.05) is 31.5 Å². The van der Waals surface area contributed by atoms with Crippen LogP contribution >= 0.6 is 0 Å². The second-order valence-electron chi connectivity index (χ2n) is 8.08. The minimum absolute atomic E-state index is 0.0180. The van der Waals surface area contributed by atoms with E-state index in [1.165, 1.54) is 5.56 Å². The van der Waals surface area contributed by atoms with Crippen LogP contribution in [0.15, 0.2) is 54.6 Å². The molecule has 0 spiro atoms. The lowest BCUT2D eigenvalue weighted by Gasteiger charge is -2.32. The number of nitrogens with one attached hydrogen (secondary N) is 2. The van der Waals surface area contributed by atoms with Gasteiger partial charge in [0.15, 0.2) is 0 Å². The second kappa shape index (κ2) is 11.5. The summed E-state index contributed by atoms with van der Waals surface area (Å²) in [6.45, 7) is 9.01. The lowest BCUT2D eigenvalue weighted by atomic mass is 9.97. The number of piperidine rings is 1. The highest BCUT2D eigenvalue weighted by Crippen LogP contribution is 2.18. The fraction of sp³-hybridized carbons (Fsp3) is 0.440. The zero-order valence-electron chi connectivity index (χ0n) is 18.6. The fourth-order valence-corrected chi connectivity index (χ4v) is 3.90. The van der Waals surface area contributed by atoms with Crippen LogP contribution < -0.4 is 10.6 Å². The summed E-state index contributed by atoms with van der Waals surface area (Å²) in [5.41, 5.74) is 3.14. The molecule has 2 N–H and O–H groups in total. The molecule has 0 unspecified atom stereocenters. The van der Waals surface area contributed by atoms with E-state index < -0.39 is 0 Å². The number of nitrogens with zero attached hydrogens (tertiary/aromatic N) is 2. The number of rotatable bonds is 8. The van der Waals surface area contributed by atoms with Crippen LogP contribution in [0.5, 0.6) is 0 Å². The van der Waals surface area contributed by atoms with E-state index in [9.17, 15) is 9.59 Å². The highest BCUT2D eigenvalue weighted by molar-refractivity contribution is 5.90. The Balaban J connectivity index is 1.47. The van der Waals surface area contributed by atoms with Gasteiger partial charge in [0.2, 0.25) is 5.91 Å². The van der Waals surface area contributed by atoms with Gasteiger partial charge in [-0.1, -0.05) is 56.3 Å². The number of anilines is 1. The molecule has 6 heteroatoms. The molecule has 0 radical (unpaired) electrons. The molecule has 3 amide bonds. The van der Waals surface area contributed by atoms with E-state index >= 15 is 0 Å². The van der Waals surface area contributed by atoms with Crippen molar-refractivity contribution < 1.29 is 9.59 Å². The Morgan fingerprint density at radius 2 is 1.68 bits per heavy atom. The van der Waals surface area contributed by atoms with Crippen molar-refractivity contribution in [1.29, 1.82) is 0 Å². The van der Waals surface area contributed by atoms with E-state index in [0.717, 1.165) is 43.7 Å². The normalized spacial score (nSPS) is 16.2. The summed E-state index contributed by atoms with van der Waals surface area (Å²) in [7, 11) is 0. The van der Waals surface area contributed by atoms with E-state index in [4.69, 9.17) is 0 Å². The summed E-state index contributed by atoms with van der Waals surface area (Å²) in [5, 5.41) is 5.96. The molecule has 0 aromatic heterocycles. The van der Waals surface area contributed by atoms with Crippen LogP contribution in [0.3, 0.4) is 0 Å². The number of para-hydroxylation sites is 1. The van der Waals surface area contributed by atoms with Crippen LogP contribution in [-0.2, 0) is 17.9 Å². The van der Waals surface area contributed by atoms with Gasteiger partial charge in [-0.3, -0.25) is 9.69 Å². The maximum atomic E-state index is 12.7. The van der Waals surface area contributed by atoms with Gasteiger partial charge >= 0.3 is 6.03 Å². The second-order valence-corrected chi connectivity index (χ2v) is 8.08. The van der Waals surface area contributed by atoms with Crippen LogP contribution in [0.1, 0.15) is 37.8 Å². The first kappa shape index (κ1) is 22.8. The third kappa shape index (κ3) is 6.82. The van der Waals surface area contributed by atoms with E-state index in [2.05, 4.69) is 53.6 Å². The van der Waals surface area contributed by atoms with Gasteiger partial charge in [-0.2, -0.15) is 0 Å². The topological polar surface area (TPSA) is 64.7 Å². The Labute approximate surface area is 185 Å². The van der Waals surface area contributed by atoms with Gasteiger partial charge in [0, 0.05) is 31.9 Å². The number of benzene rings is 2. The Morgan fingerprint density at radius 1 is 1.00 bits per heavy atom. The number of hydrogen-bond acceptors (Lipinski definition) is 3. The third-order valence-electron chi connectivity index (χ3n) is 5.89. The van der Waals surface area contributed by atoms with Crippen molar-refractivity contribution in [1.82, 2.24) is 15.1 Å². The summed E-state index contributed by atoms with van der Waals surface area (Å²) in [6, 6.07) is 17.7. The molecule has 166 valence electrons. The van der Waals surface area contributed by atoms with Gasteiger partial charge in [-0.15, -0.1) is 0 Å². The number of urea groups is 1.